The van der Waals surface area contributed by atoms with E-state index in [1.165, 1.54) is 30.7 Å². The number of nitrogens with zero attached hydrogens (tertiary/aromatic N) is 2. The minimum Gasteiger partial charge on any atom is -0.457 e. The molecule has 2 aromatic heterocycles. The molecule has 4 atom stereocenters. The van der Waals surface area contributed by atoms with Gasteiger partial charge in [-0.3, -0.25) is 15.3 Å². The molecule has 0 amide bonds. The largest absolute Gasteiger partial charge is 0.457 e. The Hall–Kier alpha value is -2.73. The Morgan fingerprint density at radius 3 is 2.80 bits per heavy atom. The van der Waals surface area contributed by atoms with Crippen molar-refractivity contribution in [1.29, 1.82) is 0 Å². The van der Waals surface area contributed by atoms with Crippen LogP contribution in [0.25, 0.3) is 0 Å². The second kappa shape index (κ2) is 7.03. The van der Waals surface area contributed by atoms with Gasteiger partial charge >= 0.3 is 11.7 Å². The lowest BCUT2D eigenvalue weighted by Gasteiger charge is -2.17. The highest BCUT2D eigenvalue weighted by atomic mass is 16.6. The normalized spacial score (nSPS) is 25.7. The summed E-state index contributed by atoms with van der Waals surface area (Å²) in [6.07, 6.45) is -2.58. The summed E-state index contributed by atoms with van der Waals surface area (Å²) in [5, 5.41) is 28.9. The molecule has 0 radical (unpaired) electrons. The number of esters is 1. The standard InChI is InChI=1S/C14H15N3O8/c18-10-8(6-24-13(20)7-2-1-5-23-7)25-12(11(10)19)17-4-3-9(16-22)15-14(17)21/h1-5,8,10-12,18-19,22H,6H2,(H,15,16,21)/t8-,10-,11-,12-/m1/s1. The molecule has 0 unspecified atom stereocenters. The third-order valence-corrected chi connectivity index (χ3v) is 3.66. The average molecular weight is 353 g/mol. The highest BCUT2D eigenvalue weighted by molar-refractivity contribution is 5.86. The first-order valence-corrected chi connectivity index (χ1v) is 7.23. The van der Waals surface area contributed by atoms with Gasteiger partial charge in [0.05, 0.1) is 6.26 Å². The van der Waals surface area contributed by atoms with Crippen LogP contribution >= 0.6 is 0 Å². The molecule has 0 bridgehead atoms. The Kier molecular flexibility index (Phi) is 4.81. The van der Waals surface area contributed by atoms with Crippen LogP contribution in [0.4, 0.5) is 5.82 Å². The number of nitrogens with one attached hydrogen (secondary N) is 1. The minimum atomic E-state index is -1.44. The maximum absolute atomic E-state index is 11.9. The first-order chi connectivity index (χ1) is 12.0. The van der Waals surface area contributed by atoms with Crippen LogP contribution in [0, 0.1) is 0 Å². The van der Waals surface area contributed by atoms with Crippen molar-refractivity contribution in [2.75, 3.05) is 12.1 Å². The molecule has 134 valence electrons. The summed E-state index contributed by atoms with van der Waals surface area (Å²) in [4.78, 5) is 27.1. The van der Waals surface area contributed by atoms with E-state index in [0.29, 0.717) is 0 Å². The van der Waals surface area contributed by atoms with Gasteiger partial charge in [0.25, 0.3) is 0 Å². The van der Waals surface area contributed by atoms with E-state index in [1.807, 2.05) is 0 Å². The molecule has 3 rings (SSSR count). The third-order valence-electron chi connectivity index (χ3n) is 3.66. The summed E-state index contributed by atoms with van der Waals surface area (Å²) in [5.74, 6) is -0.855. The van der Waals surface area contributed by atoms with Gasteiger partial charge in [-0.1, -0.05) is 0 Å². The minimum absolute atomic E-state index is 0.0166. The summed E-state index contributed by atoms with van der Waals surface area (Å²) in [6.45, 7) is -0.354. The van der Waals surface area contributed by atoms with E-state index < -0.39 is 36.2 Å². The van der Waals surface area contributed by atoms with Crippen molar-refractivity contribution in [2.24, 2.45) is 0 Å². The lowest BCUT2D eigenvalue weighted by atomic mass is 10.1. The van der Waals surface area contributed by atoms with Crippen molar-refractivity contribution in [3.63, 3.8) is 0 Å². The highest BCUT2D eigenvalue weighted by Crippen LogP contribution is 2.28. The quantitative estimate of drug-likeness (QED) is 0.393. The van der Waals surface area contributed by atoms with Crippen molar-refractivity contribution in [3.05, 3.63) is 46.9 Å². The van der Waals surface area contributed by atoms with Crippen molar-refractivity contribution in [1.82, 2.24) is 9.55 Å². The average Bonchev–Trinajstić information content (AvgIpc) is 3.24. The number of carbonyl (C=O) groups excluding carboxylic acids is 1. The van der Waals surface area contributed by atoms with Crippen LogP contribution < -0.4 is 11.2 Å². The van der Waals surface area contributed by atoms with Gasteiger partial charge < -0.3 is 24.1 Å². The van der Waals surface area contributed by atoms with Crippen LogP contribution in [0.1, 0.15) is 16.8 Å². The Labute approximate surface area is 140 Å². The van der Waals surface area contributed by atoms with Gasteiger partial charge in [-0.2, -0.15) is 4.98 Å². The zero-order chi connectivity index (χ0) is 18.0. The molecule has 3 heterocycles. The fourth-order valence-corrected chi connectivity index (χ4v) is 2.39. The molecule has 0 aromatic carbocycles. The molecule has 4 N–H and O–H groups in total. The van der Waals surface area contributed by atoms with Crippen molar-refractivity contribution >= 4 is 11.8 Å². The number of carbonyl (C=O) groups is 1. The Balaban J connectivity index is 1.68. The molecule has 1 aliphatic rings. The number of hydrogen-bond acceptors (Lipinski definition) is 10. The second-order valence-corrected chi connectivity index (χ2v) is 5.24. The maximum atomic E-state index is 11.9. The predicted molar refractivity (Wildman–Crippen MR) is 78.8 cm³/mol. The number of furan rings is 1. The summed E-state index contributed by atoms with van der Waals surface area (Å²) in [7, 11) is 0. The van der Waals surface area contributed by atoms with E-state index in [-0.39, 0.29) is 18.2 Å². The first kappa shape index (κ1) is 17.1. The van der Waals surface area contributed by atoms with E-state index in [9.17, 15) is 19.8 Å². The number of rotatable bonds is 5. The zero-order valence-electron chi connectivity index (χ0n) is 12.7. The SMILES string of the molecule is O=C(OC[C@H]1O[C@@H](n2ccc(NO)nc2=O)[C@H](O)[C@@H]1O)c1ccco1. The molecular weight excluding hydrogens is 338 g/mol. The van der Waals surface area contributed by atoms with Gasteiger partial charge in [0, 0.05) is 6.20 Å². The van der Waals surface area contributed by atoms with Crippen LogP contribution in [0.2, 0.25) is 0 Å². The number of ether oxygens (including phenoxy) is 2. The van der Waals surface area contributed by atoms with Gasteiger partial charge in [0.1, 0.15) is 24.9 Å². The van der Waals surface area contributed by atoms with Crippen LogP contribution in [0.15, 0.2) is 39.9 Å². The maximum Gasteiger partial charge on any atom is 0.374 e. The molecule has 1 saturated heterocycles. The Morgan fingerprint density at radius 1 is 1.36 bits per heavy atom. The molecule has 2 aromatic rings. The predicted octanol–water partition coefficient (Wildman–Crippen LogP) is -0.886. The van der Waals surface area contributed by atoms with Crippen LogP contribution in [0.3, 0.4) is 0 Å². The van der Waals surface area contributed by atoms with E-state index in [1.54, 1.807) is 5.48 Å². The second-order valence-electron chi connectivity index (χ2n) is 5.24. The van der Waals surface area contributed by atoms with Gasteiger partial charge in [-0.05, 0) is 18.2 Å². The topological polar surface area (TPSA) is 156 Å². The summed E-state index contributed by atoms with van der Waals surface area (Å²) in [5.41, 5.74) is 0.901. The van der Waals surface area contributed by atoms with Crippen molar-refractivity contribution in [3.8, 4) is 0 Å². The van der Waals surface area contributed by atoms with E-state index >= 15 is 0 Å². The molecule has 0 saturated carbocycles. The molecule has 25 heavy (non-hydrogen) atoms. The Morgan fingerprint density at radius 2 is 2.16 bits per heavy atom. The molecule has 1 aliphatic heterocycles. The molecule has 0 aliphatic carbocycles. The first-order valence-electron chi connectivity index (χ1n) is 7.23. The lowest BCUT2D eigenvalue weighted by molar-refractivity contribution is -0.0603. The van der Waals surface area contributed by atoms with Crippen molar-refractivity contribution in [2.45, 2.75) is 24.5 Å². The molecular formula is C14H15N3O8. The highest BCUT2D eigenvalue weighted by Gasteiger charge is 2.44. The molecule has 11 heteroatoms. The zero-order valence-corrected chi connectivity index (χ0v) is 12.7. The van der Waals surface area contributed by atoms with Crippen LogP contribution in [-0.4, -0.2) is 55.9 Å². The number of aromatic nitrogens is 2. The van der Waals surface area contributed by atoms with E-state index in [0.717, 1.165) is 4.57 Å². The van der Waals surface area contributed by atoms with Gasteiger partial charge in [0.15, 0.2) is 12.0 Å². The van der Waals surface area contributed by atoms with Crippen LogP contribution in [-0.2, 0) is 9.47 Å². The monoisotopic (exact) mass is 353 g/mol. The third kappa shape index (κ3) is 3.39. The molecule has 11 nitrogen and oxygen atoms in total. The van der Waals surface area contributed by atoms with Gasteiger partial charge in [-0.25, -0.2) is 9.59 Å². The van der Waals surface area contributed by atoms with Crippen LogP contribution in [0.5, 0.6) is 0 Å². The van der Waals surface area contributed by atoms with Gasteiger partial charge in [0.2, 0.25) is 5.76 Å². The summed E-state index contributed by atoms with van der Waals surface area (Å²) < 4.78 is 16.2. The van der Waals surface area contributed by atoms with E-state index in [2.05, 4.69) is 4.98 Å². The summed E-state index contributed by atoms with van der Waals surface area (Å²) >= 11 is 0. The molecule has 1 fully saturated rings. The lowest BCUT2D eigenvalue weighted by Crippen LogP contribution is -2.36. The molecule has 0 spiro atoms. The number of aliphatic hydroxyl groups excluding tert-OH is 2. The number of anilines is 1. The fourth-order valence-electron chi connectivity index (χ4n) is 2.39. The Bertz CT molecular complexity index is 790. The smallest absolute Gasteiger partial charge is 0.374 e. The van der Waals surface area contributed by atoms with E-state index in [4.69, 9.17) is 19.1 Å². The fraction of sp³-hybridized carbons (Fsp3) is 0.357. The number of hydrogen-bond donors (Lipinski definition) is 4. The number of aliphatic hydroxyl groups is 2. The summed E-state index contributed by atoms with van der Waals surface area (Å²) in [6, 6.07) is 4.20. The van der Waals surface area contributed by atoms with Gasteiger partial charge in [-0.15, -0.1) is 0 Å². The van der Waals surface area contributed by atoms with Crippen molar-refractivity contribution < 1.29 is 34.1 Å².